The van der Waals surface area contributed by atoms with E-state index >= 15 is 0 Å². The quantitative estimate of drug-likeness (QED) is 0.511. The number of nitrogens with zero attached hydrogens (tertiary/aromatic N) is 6. The van der Waals surface area contributed by atoms with Crippen molar-refractivity contribution in [3.63, 3.8) is 0 Å². The molecule has 1 aromatic heterocycles. The first-order valence-corrected chi connectivity index (χ1v) is 9.38. The summed E-state index contributed by atoms with van der Waals surface area (Å²) in [6.45, 7) is 1.14. The fraction of sp³-hybridized carbons (Fsp3) is 0.250. The van der Waals surface area contributed by atoms with E-state index in [0.29, 0.717) is 30.9 Å². The lowest BCUT2D eigenvalue weighted by Crippen LogP contribution is -2.25. The zero-order valence-electron chi connectivity index (χ0n) is 16.6. The van der Waals surface area contributed by atoms with Gasteiger partial charge < -0.3 is 20.0 Å². The maximum absolute atomic E-state index is 9.46. The van der Waals surface area contributed by atoms with Crippen molar-refractivity contribution >= 4 is 30.7 Å². The lowest BCUT2D eigenvalue weighted by molar-refractivity contribution is 0.474. The van der Waals surface area contributed by atoms with E-state index < -0.39 is 0 Å². The van der Waals surface area contributed by atoms with Crippen LogP contribution in [0.25, 0.3) is 0 Å². The SMILES string of the molecule is CN(S)c1nc(N(C)Cc2ccc(O)cc2)nc(N(C)Cc2ccc(O)cc2)n1. The summed E-state index contributed by atoms with van der Waals surface area (Å²) in [5, 5.41) is 18.9. The van der Waals surface area contributed by atoms with Crippen molar-refractivity contribution in [2.45, 2.75) is 13.1 Å². The molecule has 0 radical (unpaired) electrons. The van der Waals surface area contributed by atoms with Crippen LogP contribution in [0.3, 0.4) is 0 Å². The number of phenols is 2. The van der Waals surface area contributed by atoms with Crippen molar-refractivity contribution in [3.05, 3.63) is 59.7 Å². The van der Waals surface area contributed by atoms with Gasteiger partial charge in [0, 0.05) is 34.2 Å². The van der Waals surface area contributed by atoms with Crippen LogP contribution in [0.15, 0.2) is 48.5 Å². The third kappa shape index (κ3) is 5.41. The molecule has 3 rings (SSSR count). The van der Waals surface area contributed by atoms with Crippen molar-refractivity contribution in [1.82, 2.24) is 15.0 Å². The number of benzene rings is 2. The summed E-state index contributed by atoms with van der Waals surface area (Å²) in [6, 6.07) is 14.0. The average molecular weight is 413 g/mol. The van der Waals surface area contributed by atoms with E-state index in [-0.39, 0.29) is 11.5 Å². The van der Waals surface area contributed by atoms with Gasteiger partial charge in [0.1, 0.15) is 11.5 Å². The molecule has 0 bridgehead atoms. The Bertz CT molecular complexity index is 878. The first-order valence-electron chi connectivity index (χ1n) is 8.98. The number of hydrogen-bond donors (Lipinski definition) is 3. The fourth-order valence-corrected chi connectivity index (χ4v) is 2.81. The first-order chi connectivity index (χ1) is 13.8. The second-order valence-electron chi connectivity index (χ2n) is 6.80. The summed E-state index contributed by atoms with van der Waals surface area (Å²) in [7, 11) is 5.55. The van der Waals surface area contributed by atoms with Crippen LogP contribution in [0.5, 0.6) is 11.5 Å². The molecule has 0 aliphatic carbocycles. The van der Waals surface area contributed by atoms with Crippen LogP contribution >= 0.6 is 12.8 Å². The molecule has 0 amide bonds. The van der Waals surface area contributed by atoms with Crippen molar-refractivity contribution in [2.75, 3.05) is 35.2 Å². The monoisotopic (exact) mass is 412 g/mol. The van der Waals surface area contributed by atoms with Crippen LogP contribution in [0, 0.1) is 0 Å². The Morgan fingerprint density at radius 2 is 1.00 bits per heavy atom. The Morgan fingerprint density at radius 3 is 1.34 bits per heavy atom. The number of aromatic nitrogens is 3. The van der Waals surface area contributed by atoms with Crippen LogP contribution in [0.1, 0.15) is 11.1 Å². The number of thiol groups is 1. The smallest absolute Gasteiger partial charge is 0.241 e. The van der Waals surface area contributed by atoms with E-state index in [1.54, 1.807) is 31.3 Å². The number of rotatable bonds is 7. The molecular formula is C20H24N6O2S. The second-order valence-corrected chi connectivity index (χ2v) is 7.40. The van der Waals surface area contributed by atoms with Crippen LogP contribution in [-0.4, -0.2) is 46.3 Å². The first kappa shape index (κ1) is 20.5. The van der Waals surface area contributed by atoms with Crippen LogP contribution in [0.2, 0.25) is 0 Å². The van der Waals surface area contributed by atoms with Crippen LogP contribution in [0.4, 0.5) is 17.8 Å². The molecule has 0 atom stereocenters. The zero-order valence-corrected chi connectivity index (χ0v) is 17.5. The van der Waals surface area contributed by atoms with Crippen molar-refractivity contribution < 1.29 is 10.2 Å². The van der Waals surface area contributed by atoms with Crippen molar-refractivity contribution in [3.8, 4) is 11.5 Å². The molecule has 2 N–H and O–H groups in total. The highest BCUT2D eigenvalue weighted by atomic mass is 32.1. The van der Waals surface area contributed by atoms with Crippen LogP contribution in [-0.2, 0) is 13.1 Å². The molecular weight excluding hydrogens is 388 g/mol. The highest BCUT2D eigenvalue weighted by Crippen LogP contribution is 2.21. The largest absolute Gasteiger partial charge is 0.508 e. The predicted molar refractivity (Wildman–Crippen MR) is 118 cm³/mol. The van der Waals surface area contributed by atoms with E-state index in [4.69, 9.17) is 0 Å². The Kier molecular flexibility index (Phi) is 6.28. The molecule has 0 unspecified atom stereocenters. The number of anilines is 3. The lowest BCUT2D eigenvalue weighted by Gasteiger charge is -2.23. The van der Waals surface area contributed by atoms with Gasteiger partial charge in [-0.2, -0.15) is 15.0 Å². The maximum Gasteiger partial charge on any atom is 0.241 e. The average Bonchev–Trinajstić information content (AvgIpc) is 2.71. The Balaban J connectivity index is 1.84. The number of hydrogen-bond acceptors (Lipinski definition) is 9. The molecule has 3 aromatic rings. The van der Waals surface area contributed by atoms with Gasteiger partial charge >= 0.3 is 0 Å². The molecule has 0 saturated heterocycles. The third-order valence-corrected chi connectivity index (χ3v) is 4.46. The van der Waals surface area contributed by atoms with Gasteiger partial charge in [0.15, 0.2) is 0 Å². The van der Waals surface area contributed by atoms with Gasteiger partial charge in [0.05, 0.1) is 0 Å². The highest BCUT2D eigenvalue weighted by molar-refractivity contribution is 7.81. The summed E-state index contributed by atoms with van der Waals surface area (Å²) in [6.07, 6.45) is 0. The fourth-order valence-electron chi connectivity index (χ4n) is 2.72. The zero-order chi connectivity index (χ0) is 21.0. The van der Waals surface area contributed by atoms with Gasteiger partial charge in [-0.15, -0.1) is 0 Å². The second kappa shape index (κ2) is 8.87. The number of phenolic OH excluding ortho intramolecular Hbond substituents is 2. The van der Waals surface area contributed by atoms with Crippen molar-refractivity contribution in [2.24, 2.45) is 0 Å². The predicted octanol–water partition coefficient (Wildman–Crippen LogP) is 2.84. The maximum atomic E-state index is 9.46. The normalized spacial score (nSPS) is 10.6. The molecule has 0 spiro atoms. The van der Waals surface area contributed by atoms with Gasteiger partial charge in [0.25, 0.3) is 0 Å². The molecule has 0 saturated carbocycles. The summed E-state index contributed by atoms with van der Waals surface area (Å²) in [4.78, 5) is 17.4. The molecule has 152 valence electrons. The van der Waals surface area contributed by atoms with E-state index in [1.807, 2.05) is 48.2 Å². The number of aromatic hydroxyl groups is 2. The van der Waals surface area contributed by atoms with Gasteiger partial charge in [-0.05, 0) is 35.4 Å². The topological polar surface area (TPSA) is 88.9 Å². The summed E-state index contributed by atoms with van der Waals surface area (Å²) in [5.74, 6) is 1.92. The Morgan fingerprint density at radius 1 is 0.655 bits per heavy atom. The lowest BCUT2D eigenvalue weighted by atomic mass is 10.2. The van der Waals surface area contributed by atoms with E-state index in [2.05, 4.69) is 27.8 Å². The molecule has 8 nitrogen and oxygen atoms in total. The van der Waals surface area contributed by atoms with Gasteiger partial charge in [-0.3, -0.25) is 4.31 Å². The van der Waals surface area contributed by atoms with Gasteiger partial charge in [-0.25, -0.2) is 0 Å². The van der Waals surface area contributed by atoms with Gasteiger partial charge in [0.2, 0.25) is 17.8 Å². The van der Waals surface area contributed by atoms with Crippen LogP contribution < -0.4 is 14.1 Å². The van der Waals surface area contributed by atoms with Crippen molar-refractivity contribution in [1.29, 1.82) is 0 Å². The minimum atomic E-state index is 0.230. The summed E-state index contributed by atoms with van der Waals surface area (Å²) >= 11 is 4.33. The summed E-state index contributed by atoms with van der Waals surface area (Å²) in [5.41, 5.74) is 2.04. The molecule has 9 heteroatoms. The van der Waals surface area contributed by atoms with E-state index in [0.717, 1.165) is 11.1 Å². The molecule has 0 aliphatic rings. The highest BCUT2D eigenvalue weighted by Gasteiger charge is 2.15. The third-order valence-electron chi connectivity index (χ3n) is 4.28. The minimum absolute atomic E-state index is 0.230. The molecule has 0 fully saturated rings. The standard InChI is InChI=1S/C20H24N6O2S/c1-24(12-14-4-8-16(27)9-5-14)18-21-19(23-20(22-18)26(3)29)25(2)13-15-6-10-17(28)11-7-15/h4-11,27-29H,12-13H2,1-3H3. The van der Waals surface area contributed by atoms with E-state index in [1.165, 1.54) is 4.31 Å². The summed E-state index contributed by atoms with van der Waals surface area (Å²) < 4.78 is 1.54. The Labute approximate surface area is 175 Å². The van der Waals surface area contributed by atoms with Gasteiger partial charge in [-0.1, -0.05) is 37.1 Å². The Hall–Kier alpha value is -3.20. The van der Waals surface area contributed by atoms with E-state index in [9.17, 15) is 10.2 Å². The molecule has 2 aromatic carbocycles. The molecule has 29 heavy (non-hydrogen) atoms. The molecule has 0 aliphatic heterocycles. The minimum Gasteiger partial charge on any atom is -0.508 e. The molecule has 1 heterocycles.